The van der Waals surface area contributed by atoms with Gasteiger partial charge in [-0.15, -0.1) is 0 Å². The molecule has 296 valence electrons. The second-order valence-corrected chi connectivity index (χ2v) is 15.3. The number of ether oxygens (including phenoxy) is 3. The van der Waals surface area contributed by atoms with Crippen molar-refractivity contribution in [1.29, 1.82) is 0 Å². The van der Waals surface area contributed by atoms with Gasteiger partial charge in [0.2, 0.25) is 0 Å². The molecule has 1 heterocycles. The fourth-order valence-electron chi connectivity index (χ4n) is 5.99. The summed E-state index contributed by atoms with van der Waals surface area (Å²) in [5.74, 6) is -1.45. The predicted octanol–water partition coefficient (Wildman–Crippen LogP) is 6.94. The van der Waals surface area contributed by atoms with Crippen LogP contribution in [0.2, 0.25) is 0 Å². The van der Waals surface area contributed by atoms with Crippen LogP contribution in [0.25, 0.3) is 0 Å². The molecule has 0 bridgehead atoms. The van der Waals surface area contributed by atoms with Crippen molar-refractivity contribution in [2.45, 2.75) is 199 Å². The number of hydrogen-bond acceptors (Lipinski definition) is 12. The fourth-order valence-corrected chi connectivity index (χ4v) is 6.97. The molecule has 1 fully saturated rings. The van der Waals surface area contributed by atoms with E-state index in [4.69, 9.17) is 14.2 Å². The smallest absolute Gasteiger partial charge is 0.397 e. The van der Waals surface area contributed by atoms with Crippen molar-refractivity contribution in [2.24, 2.45) is 0 Å². The molecule has 1 aliphatic rings. The van der Waals surface area contributed by atoms with Gasteiger partial charge in [0.1, 0.15) is 12.7 Å². The SMILES string of the molecule is CCCCCCCCCCCCCC(=O)OC[C@H]1O[C@H](O)[C@H](OS(=O)(=O)O)[C@@H](OS(=O)(=O)O)[C@@H]1OC(=O)CCCCCCCCCCCCC. The normalized spacial score (nSPS) is 21.3. The molecule has 0 aromatic heterocycles. The summed E-state index contributed by atoms with van der Waals surface area (Å²) in [4.78, 5) is 25.3. The van der Waals surface area contributed by atoms with Gasteiger partial charge >= 0.3 is 32.7 Å². The minimum Gasteiger partial charge on any atom is -0.463 e. The molecule has 16 heteroatoms. The van der Waals surface area contributed by atoms with Crippen molar-refractivity contribution in [3.05, 3.63) is 0 Å². The van der Waals surface area contributed by atoms with Gasteiger partial charge in [0.25, 0.3) is 0 Å². The lowest BCUT2D eigenvalue weighted by Gasteiger charge is -2.42. The Bertz CT molecular complexity index is 1110. The Labute approximate surface area is 300 Å². The standard InChI is InChI=1S/C34H64O14S2/c1-3-5-7-9-11-13-15-17-19-21-23-25-29(35)44-27-28-31(32(47-49(38,39)40)33(34(37)45-28)48-50(41,42)43)46-30(36)26-24-22-20-18-16-14-12-10-8-6-4-2/h28,31-34,37H,3-27H2,1-2H3,(H,38,39,40)(H,41,42,43)/t28-,31-,32+,33-,34+/m1/s1. The second kappa shape index (κ2) is 27.2. The molecule has 0 unspecified atom stereocenters. The summed E-state index contributed by atoms with van der Waals surface area (Å²) in [6.07, 6.45) is 13.4. The molecule has 0 saturated carbocycles. The van der Waals surface area contributed by atoms with Gasteiger partial charge in [0.15, 0.2) is 24.6 Å². The van der Waals surface area contributed by atoms with Crippen LogP contribution < -0.4 is 0 Å². The molecule has 1 saturated heterocycles. The average molecular weight is 761 g/mol. The lowest BCUT2D eigenvalue weighted by atomic mass is 9.99. The van der Waals surface area contributed by atoms with Crippen LogP contribution in [0.3, 0.4) is 0 Å². The molecule has 1 aliphatic heterocycles. The van der Waals surface area contributed by atoms with Gasteiger partial charge in [0, 0.05) is 12.8 Å². The molecule has 0 amide bonds. The highest BCUT2D eigenvalue weighted by atomic mass is 32.3. The number of hydrogen-bond donors (Lipinski definition) is 3. The first-order chi connectivity index (χ1) is 23.8. The van der Waals surface area contributed by atoms with Crippen molar-refractivity contribution >= 4 is 32.7 Å². The summed E-state index contributed by atoms with van der Waals surface area (Å²) in [5, 5.41) is 10.5. The van der Waals surface area contributed by atoms with E-state index in [0.29, 0.717) is 12.8 Å². The zero-order valence-corrected chi connectivity index (χ0v) is 31.8. The van der Waals surface area contributed by atoms with Crippen LogP contribution in [0.15, 0.2) is 0 Å². The molecule has 5 atom stereocenters. The summed E-state index contributed by atoms with van der Waals surface area (Å²) < 4.78 is 90.0. The molecular weight excluding hydrogens is 696 g/mol. The topological polar surface area (TPSA) is 209 Å². The van der Waals surface area contributed by atoms with Crippen LogP contribution in [0, 0.1) is 0 Å². The van der Waals surface area contributed by atoms with Crippen LogP contribution >= 0.6 is 0 Å². The van der Waals surface area contributed by atoms with Gasteiger partial charge in [-0.2, -0.15) is 16.8 Å². The third-order valence-electron chi connectivity index (χ3n) is 8.72. The molecule has 0 radical (unpaired) electrons. The number of aliphatic hydroxyl groups is 1. The Morgan fingerprint density at radius 2 is 0.900 bits per heavy atom. The number of carbonyl (C=O) groups excluding carboxylic acids is 2. The van der Waals surface area contributed by atoms with E-state index >= 15 is 0 Å². The Hall–Kier alpha value is -1.40. The molecule has 50 heavy (non-hydrogen) atoms. The summed E-state index contributed by atoms with van der Waals surface area (Å²) in [6.45, 7) is 3.74. The first-order valence-electron chi connectivity index (χ1n) is 18.8. The van der Waals surface area contributed by atoms with E-state index in [1.165, 1.54) is 70.6 Å². The van der Waals surface area contributed by atoms with E-state index in [9.17, 15) is 40.6 Å². The number of esters is 2. The largest absolute Gasteiger partial charge is 0.463 e. The van der Waals surface area contributed by atoms with Crippen molar-refractivity contribution in [1.82, 2.24) is 0 Å². The third-order valence-corrected chi connectivity index (χ3v) is 9.65. The number of rotatable bonds is 31. The molecular formula is C34H64O14S2. The van der Waals surface area contributed by atoms with Crippen LogP contribution in [0.4, 0.5) is 0 Å². The maximum absolute atomic E-state index is 12.8. The lowest BCUT2D eigenvalue weighted by molar-refractivity contribution is -0.281. The molecule has 1 rings (SSSR count). The van der Waals surface area contributed by atoms with Gasteiger partial charge in [-0.1, -0.05) is 142 Å². The summed E-state index contributed by atoms with van der Waals surface area (Å²) in [6, 6.07) is 0. The first-order valence-corrected chi connectivity index (χ1v) is 21.5. The minimum atomic E-state index is -5.35. The Morgan fingerprint density at radius 1 is 0.540 bits per heavy atom. The van der Waals surface area contributed by atoms with Gasteiger partial charge in [-0.3, -0.25) is 18.7 Å². The van der Waals surface area contributed by atoms with E-state index in [1.54, 1.807) is 0 Å². The average Bonchev–Trinajstić information content (AvgIpc) is 3.03. The number of aliphatic hydroxyl groups excluding tert-OH is 1. The second-order valence-electron chi connectivity index (χ2n) is 13.3. The van der Waals surface area contributed by atoms with E-state index in [1.807, 2.05) is 0 Å². The predicted molar refractivity (Wildman–Crippen MR) is 187 cm³/mol. The Morgan fingerprint density at radius 3 is 1.30 bits per heavy atom. The van der Waals surface area contributed by atoms with Crippen molar-refractivity contribution in [2.75, 3.05) is 6.61 Å². The summed E-state index contributed by atoms with van der Waals surface area (Å²) >= 11 is 0. The maximum atomic E-state index is 12.8. The molecule has 0 aromatic rings. The van der Waals surface area contributed by atoms with Gasteiger partial charge in [-0.05, 0) is 12.8 Å². The zero-order chi connectivity index (χ0) is 37.3. The van der Waals surface area contributed by atoms with Crippen LogP contribution in [-0.2, 0) is 53.0 Å². The molecule has 0 spiro atoms. The fraction of sp³-hybridized carbons (Fsp3) is 0.941. The van der Waals surface area contributed by atoms with Crippen LogP contribution in [0.5, 0.6) is 0 Å². The highest BCUT2D eigenvalue weighted by Gasteiger charge is 2.53. The van der Waals surface area contributed by atoms with E-state index < -0.39 is 70.0 Å². The first kappa shape index (κ1) is 46.6. The maximum Gasteiger partial charge on any atom is 0.397 e. The van der Waals surface area contributed by atoms with Crippen molar-refractivity contribution in [3.8, 4) is 0 Å². The van der Waals surface area contributed by atoms with Gasteiger partial charge in [0.05, 0.1) is 0 Å². The Kier molecular flexibility index (Phi) is 25.4. The quantitative estimate of drug-likeness (QED) is 0.0372. The van der Waals surface area contributed by atoms with Crippen LogP contribution in [-0.4, -0.2) is 80.3 Å². The van der Waals surface area contributed by atoms with Crippen molar-refractivity contribution < 1.29 is 63.2 Å². The van der Waals surface area contributed by atoms with E-state index in [2.05, 4.69) is 22.2 Å². The minimum absolute atomic E-state index is 0.0784. The zero-order valence-electron chi connectivity index (χ0n) is 30.2. The van der Waals surface area contributed by atoms with Gasteiger partial charge in [-0.25, -0.2) is 8.37 Å². The lowest BCUT2D eigenvalue weighted by Crippen LogP contribution is -2.62. The Balaban J connectivity index is 2.70. The van der Waals surface area contributed by atoms with Gasteiger partial charge < -0.3 is 19.3 Å². The molecule has 3 N–H and O–H groups in total. The molecule has 0 aromatic carbocycles. The summed E-state index contributed by atoms with van der Waals surface area (Å²) in [5.41, 5.74) is 0. The number of carbonyl (C=O) groups is 2. The highest BCUT2D eigenvalue weighted by Crippen LogP contribution is 2.30. The van der Waals surface area contributed by atoms with Crippen LogP contribution in [0.1, 0.15) is 168 Å². The number of unbranched alkanes of at least 4 members (excludes halogenated alkanes) is 20. The molecule has 14 nitrogen and oxygen atoms in total. The molecule has 0 aliphatic carbocycles. The highest BCUT2D eigenvalue weighted by molar-refractivity contribution is 7.81. The third kappa shape index (κ3) is 24.0. The van der Waals surface area contributed by atoms with E-state index in [0.717, 1.165) is 57.8 Å². The van der Waals surface area contributed by atoms with E-state index in [-0.39, 0.29) is 12.8 Å². The van der Waals surface area contributed by atoms with Crippen molar-refractivity contribution in [3.63, 3.8) is 0 Å². The summed E-state index contributed by atoms with van der Waals surface area (Å²) in [7, 11) is -10.7. The monoisotopic (exact) mass is 760 g/mol.